The Bertz CT molecular complexity index is 1720. The Morgan fingerprint density at radius 1 is 0.792 bits per heavy atom. The van der Waals surface area contributed by atoms with Crippen molar-refractivity contribution in [2.45, 2.75) is 51.2 Å². The summed E-state index contributed by atoms with van der Waals surface area (Å²) in [6, 6.07) is 16.8. The van der Waals surface area contributed by atoms with E-state index in [0.29, 0.717) is 34.4 Å². The van der Waals surface area contributed by atoms with E-state index in [0.717, 1.165) is 41.4 Å². The highest BCUT2D eigenvalue weighted by atomic mass is 35.5. The maximum atomic E-state index is 12.7. The van der Waals surface area contributed by atoms with Crippen molar-refractivity contribution in [1.82, 2.24) is 9.97 Å². The van der Waals surface area contributed by atoms with Gasteiger partial charge in [0.05, 0.1) is 30.1 Å². The zero-order valence-corrected chi connectivity index (χ0v) is 26.0. The molecule has 0 aliphatic heterocycles. The molecule has 48 heavy (non-hydrogen) atoms. The van der Waals surface area contributed by atoms with Gasteiger partial charge in [0.1, 0.15) is 23.9 Å². The summed E-state index contributed by atoms with van der Waals surface area (Å²) in [6.07, 6.45) is -4.13. The molecule has 6 rings (SSSR count). The second kappa shape index (κ2) is 14.7. The van der Waals surface area contributed by atoms with Gasteiger partial charge < -0.3 is 18.8 Å². The molecule has 0 bridgehead atoms. The molecule has 1 N–H and O–H groups in total. The quantitative estimate of drug-likeness (QED) is 0.0716. The smallest absolute Gasteiger partial charge is 0.416 e. The van der Waals surface area contributed by atoms with Crippen LogP contribution >= 0.6 is 11.6 Å². The molecule has 252 valence electrons. The molecule has 0 saturated heterocycles. The number of nitrogens with zero attached hydrogens (tertiary/aromatic N) is 3. The molecule has 1 saturated carbocycles. The van der Waals surface area contributed by atoms with Crippen LogP contribution in [0.3, 0.4) is 0 Å². The first kappa shape index (κ1) is 34.7. The van der Waals surface area contributed by atoms with Gasteiger partial charge in [0.2, 0.25) is 11.8 Å². The summed E-state index contributed by atoms with van der Waals surface area (Å²) in [5.74, 6) is 1.56. The highest BCUT2D eigenvalue weighted by molar-refractivity contribution is 6.30. The first-order valence-electron chi connectivity index (χ1n) is 14.5. The van der Waals surface area contributed by atoms with Gasteiger partial charge in [-0.2, -0.15) is 26.3 Å². The summed E-state index contributed by atoms with van der Waals surface area (Å²) < 4.78 is 92.0. The third kappa shape index (κ3) is 9.26. The van der Waals surface area contributed by atoms with Gasteiger partial charge in [-0.05, 0) is 97.8 Å². The molecule has 2 atom stereocenters. The number of oxime groups is 1. The molecule has 2 heterocycles. The maximum Gasteiger partial charge on any atom is 0.416 e. The van der Waals surface area contributed by atoms with E-state index in [-0.39, 0.29) is 25.0 Å². The Hall–Kier alpha value is -4.62. The molecule has 2 aromatic heterocycles. The summed E-state index contributed by atoms with van der Waals surface area (Å²) in [7, 11) is 0. The fraction of sp³-hybridized carbons (Fsp3) is 0.265. The monoisotopic (exact) mass is 691 g/mol. The van der Waals surface area contributed by atoms with Crippen molar-refractivity contribution in [3.8, 4) is 22.9 Å². The van der Waals surface area contributed by atoms with Crippen LogP contribution in [0.5, 0.6) is 0 Å². The topological polar surface area (TPSA) is 93.9 Å². The lowest BCUT2D eigenvalue weighted by atomic mass is 10.1. The summed E-state index contributed by atoms with van der Waals surface area (Å²) in [5, 5.41) is 12.6. The van der Waals surface area contributed by atoms with Gasteiger partial charge in [-0.15, -0.1) is 0 Å². The van der Waals surface area contributed by atoms with Gasteiger partial charge in [-0.1, -0.05) is 28.9 Å². The Kier molecular flexibility index (Phi) is 10.6. The molecule has 7 nitrogen and oxygen atoms in total. The number of alkyl halides is 6. The third-order valence-corrected chi connectivity index (χ3v) is 7.72. The van der Waals surface area contributed by atoms with E-state index in [1.807, 2.05) is 19.1 Å². The molecule has 0 radical (unpaired) electrons. The van der Waals surface area contributed by atoms with Crippen LogP contribution in [0.25, 0.3) is 22.9 Å². The number of oxazole rings is 2. The number of aromatic nitrogens is 2. The zero-order chi connectivity index (χ0) is 34.5. The highest BCUT2D eigenvalue weighted by Crippen LogP contribution is 2.49. The van der Waals surface area contributed by atoms with Crippen molar-refractivity contribution >= 4 is 17.3 Å². The standard InChI is InChI=1S/C22H14F6N2O3.C12H14ClNO/c23-21(24,25)15-5-1-13(2-6-15)19-29-17(11-32-19)9-31-10-18-12-33-20(30-18)14-3-7-16(8-4-14)22(26,27)28;1-8(14-15)6-10-7-12(10)9-2-4-11(13)5-3-9/h1-8,11-12H,9-10H2;2-5,10,12,15H,6-7H2,1H3/b;14-8+. The van der Waals surface area contributed by atoms with Crippen LogP contribution < -0.4 is 0 Å². The third-order valence-electron chi connectivity index (χ3n) is 7.47. The van der Waals surface area contributed by atoms with Crippen molar-refractivity contribution in [3.63, 3.8) is 0 Å². The first-order valence-corrected chi connectivity index (χ1v) is 14.9. The molecule has 14 heteroatoms. The molecule has 2 unspecified atom stereocenters. The number of halogens is 7. The van der Waals surface area contributed by atoms with E-state index in [1.54, 1.807) is 0 Å². The van der Waals surface area contributed by atoms with Crippen LogP contribution in [0.1, 0.15) is 53.8 Å². The molecular formula is C34H28ClF6N3O4. The van der Waals surface area contributed by atoms with E-state index in [1.165, 1.54) is 48.8 Å². The van der Waals surface area contributed by atoms with Crippen LogP contribution in [0.15, 0.2) is 99.3 Å². The Balaban J connectivity index is 0.000000250. The van der Waals surface area contributed by atoms with E-state index in [9.17, 15) is 26.3 Å². The maximum absolute atomic E-state index is 12.7. The second-order valence-corrected chi connectivity index (χ2v) is 11.6. The molecule has 5 aromatic rings. The Morgan fingerprint density at radius 3 is 1.67 bits per heavy atom. The number of ether oxygens (including phenoxy) is 1. The van der Waals surface area contributed by atoms with Gasteiger partial charge in [0.25, 0.3) is 0 Å². The van der Waals surface area contributed by atoms with E-state index in [4.69, 9.17) is 30.4 Å². The number of rotatable bonds is 9. The molecule has 0 spiro atoms. The second-order valence-electron chi connectivity index (χ2n) is 11.1. The highest BCUT2D eigenvalue weighted by Gasteiger charge is 2.38. The van der Waals surface area contributed by atoms with Crippen molar-refractivity contribution in [1.29, 1.82) is 0 Å². The number of hydrogen-bond acceptors (Lipinski definition) is 7. The number of benzene rings is 3. The van der Waals surface area contributed by atoms with Crippen molar-refractivity contribution in [2.75, 3.05) is 0 Å². The molecule has 1 aliphatic rings. The van der Waals surface area contributed by atoms with Gasteiger partial charge >= 0.3 is 12.4 Å². The van der Waals surface area contributed by atoms with Gasteiger partial charge in [-0.3, -0.25) is 0 Å². The molecule has 1 fully saturated rings. The van der Waals surface area contributed by atoms with Crippen LogP contribution in [-0.2, 0) is 30.3 Å². The summed E-state index contributed by atoms with van der Waals surface area (Å²) in [4.78, 5) is 8.35. The average Bonchev–Trinajstić information content (AvgIpc) is 3.41. The van der Waals surface area contributed by atoms with E-state index < -0.39 is 23.5 Å². The summed E-state index contributed by atoms with van der Waals surface area (Å²) in [5.41, 5.74) is 2.20. The largest absolute Gasteiger partial charge is 0.444 e. The number of hydrogen-bond donors (Lipinski definition) is 1. The van der Waals surface area contributed by atoms with Crippen LogP contribution in [0, 0.1) is 5.92 Å². The minimum atomic E-state index is -4.43. The van der Waals surface area contributed by atoms with Crippen molar-refractivity contribution in [3.05, 3.63) is 118 Å². The van der Waals surface area contributed by atoms with E-state index in [2.05, 4.69) is 27.3 Å². The predicted molar refractivity (Wildman–Crippen MR) is 164 cm³/mol. The zero-order valence-electron chi connectivity index (χ0n) is 25.2. The lowest BCUT2D eigenvalue weighted by Crippen LogP contribution is -2.04. The van der Waals surface area contributed by atoms with Crippen molar-refractivity contribution in [2.24, 2.45) is 11.1 Å². The van der Waals surface area contributed by atoms with E-state index >= 15 is 0 Å². The van der Waals surface area contributed by atoms with Crippen LogP contribution in [0.2, 0.25) is 5.02 Å². The minimum Gasteiger partial charge on any atom is -0.444 e. The lowest BCUT2D eigenvalue weighted by molar-refractivity contribution is -0.138. The molecule has 0 amide bonds. The minimum absolute atomic E-state index is 0.0343. The van der Waals surface area contributed by atoms with Crippen molar-refractivity contribution < 1.29 is 45.1 Å². The summed E-state index contributed by atoms with van der Waals surface area (Å²) >= 11 is 5.83. The van der Waals surface area contributed by atoms with Gasteiger partial charge in [0, 0.05) is 16.1 Å². The fourth-order valence-corrected chi connectivity index (χ4v) is 5.01. The first-order chi connectivity index (χ1) is 22.8. The fourth-order valence-electron chi connectivity index (χ4n) is 4.89. The SMILES string of the molecule is C/C(CC1CC1c1ccc(Cl)cc1)=N\O.FC(F)(F)c1ccc(-c2nc(COCc3coc(-c4ccc(C(F)(F)F)cc4)n3)co2)cc1. The van der Waals surface area contributed by atoms with Crippen LogP contribution in [0.4, 0.5) is 26.3 Å². The van der Waals surface area contributed by atoms with Gasteiger partial charge in [0.15, 0.2) is 0 Å². The lowest BCUT2D eigenvalue weighted by Gasteiger charge is -2.06. The Labute approximate surface area is 275 Å². The molecule has 1 aliphatic carbocycles. The predicted octanol–water partition coefficient (Wildman–Crippen LogP) is 10.4. The van der Waals surface area contributed by atoms with Gasteiger partial charge in [-0.25, -0.2) is 9.97 Å². The average molecular weight is 692 g/mol. The molecule has 3 aromatic carbocycles. The molecular weight excluding hydrogens is 664 g/mol. The Morgan fingerprint density at radius 2 is 1.25 bits per heavy atom. The van der Waals surface area contributed by atoms with Crippen LogP contribution in [-0.4, -0.2) is 20.9 Å². The normalized spacial score (nSPS) is 16.4. The summed E-state index contributed by atoms with van der Waals surface area (Å²) in [6.45, 7) is 1.93.